The first-order chi connectivity index (χ1) is 10.0. The van der Waals surface area contributed by atoms with Gasteiger partial charge in [-0.15, -0.1) is 0 Å². The number of hydrogen-bond donors (Lipinski definition) is 2. The minimum absolute atomic E-state index is 0.222. The number of nitrogens with one attached hydrogen (secondary N) is 1. The molecule has 0 aliphatic rings. The molecular weight excluding hydrogens is 421 g/mol. The van der Waals surface area contributed by atoms with Gasteiger partial charge in [0.25, 0.3) is 0 Å². The molecule has 1 unspecified atom stereocenters. The second-order valence-corrected chi connectivity index (χ2v) is 6.63. The van der Waals surface area contributed by atoms with Crippen LogP contribution in [-0.4, -0.2) is 24.4 Å². The quantitative estimate of drug-likeness (QED) is 0.690. The van der Waals surface area contributed by atoms with Gasteiger partial charge in [0.2, 0.25) is 0 Å². The average molecular weight is 436 g/mol. The van der Waals surface area contributed by atoms with Crippen molar-refractivity contribution in [2.45, 2.75) is 6.10 Å². The van der Waals surface area contributed by atoms with Crippen LogP contribution in [0.5, 0.6) is 5.75 Å². The number of rotatable bonds is 6. The van der Waals surface area contributed by atoms with Gasteiger partial charge >= 0.3 is 0 Å². The molecule has 2 aromatic rings. The number of hydrogen-bond acceptors (Lipinski definition) is 3. The average Bonchev–Trinajstić information content (AvgIpc) is 2.46. The normalized spacial score (nSPS) is 12.0. The van der Waals surface area contributed by atoms with Gasteiger partial charge in [-0.3, -0.25) is 0 Å². The summed E-state index contributed by atoms with van der Waals surface area (Å²) in [4.78, 5) is 0. The van der Waals surface area contributed by atoms with E-state index in [9.17, 15) is 5.11 Å². The summed E-state index contributed by atoms with van der Waals surface area (Å²) in [7, 11) is 0. The lowest BCUT2D eigenvalue weighted by Gasteiger charge is -2.15. The molecule has 0 fully saturated rings. The van der Waals surface area contributed by atoms with Crippen LogP contribution in [0.4, 0.5) is 5.69 Å². The lowest BCUT2D eigenvalue weighted by atomic mass is 10.3. The SMILES string of the molecule is OC(CNc1ccc(Cl)cc1Br)COc1ccc(Br)cc1. The number of anilines is 1. The molecule has 0 saturated heterocycles. The van der Waals surface area contributed by atoms with Crippen LogP contribution in [0, 0.1) is 0 Å². The highest BCUT2D eigenvalue weighted by atomic mass is 79.9. The molecule has 2 rings (SSSR count). The second kappa shape index (κ2) is 8.03. The smallest absolute Gasteiger partial charge is 0.119 e. The Morgan fingerprint density at radius 1 is 1.14 bits per heavy atom. The fraction of sp³-hybridized carbons (Fsp3) is 0.200. The number of ether oxygens (including phenoxy) is 1. The zero-order valence-corrected chi connectivity index (χ0v) is 15.0. The van der Waals surface area contributed by atoms with Crippen molar-refractivity contribution in [3.8, 4) is 5.75 Å². The van der Waals surface area contributed by atoms with Crippen molar-refractivity contribution < 1.29 is 9.84 Å². The molecule has 2 N–H and O–H groups in total. The van der Waals surface area contributed by atoms with E-state index in [4.69, 9.17) is 16.3 Å². The molecule has 0 radical (unpaired) electrons. The topological polar surface area (TPSA) is 41.5 Å². The third-order valence-electron chi connectivity index (χ3n) is 2.72. The van der Waals surface area contributed by atoms with E-state index in [1.165, 1.54) is 0 Å². The van der Waals surface area contributed by atoms with E-state index < -0.39 is 6.10 Å². The van der Waals surface area contributed by atoms with Crippen LogP contribution in [-0.2, 0) is 0 Å². The Labute approximate surface area is 145 Å². The maximum Gasteiger partial charge on any atom is 0.119 e. The lowest BCUT2D eigenvalue weighted by molar-refractivity contribution is 0.117. The first-order valence-electron chi connectivity index (χ1n) is 6.30. The highest BCUT2D eigenvalue weighted by Crippen LogP contribution is 2.25. The molecule has 1 atom stereocenters. The summed E-state index contributed by atoms with van der Waals surface area (Å²) in [5.41, 5.74) is 0.877. The van der Waals surface area contributed by atoms with Crippen molar-refractivity contribution in [1.29, 1.82) is 0 Å². The van der Waals surface area contributed by atoms with Gasteiger partial charge in [-0.2, -0.15) is 0 Å². The highest BCUT2D eigenvalue weighted by molar-refractivity contribution is 9.10. The summed E-state index contributed by atoms with van der Waals surface area (Å²) >= 11 is 12.7. The summed E-state index contributed by atoms with van der Waals surface area (Å²) in [6.45, 7) is 0.608. The predicted molar refractivity (Wildman–Crippen MR) is 93.3 cm³/mol. The summed E-state index contributed by atoms with van der Waals surface area (Å²) in [6.07, 6.45) is -0.615. The first-order valence-corrected chi connectivity index (χ1v) is 8.26. The molecule has 0 saturated carbocycles. The Balaban J connectivity index is 1.79. The van der Waals surface area contributed by atoms with Crippen LogP contribution >= 0.6 is 43.5 Å². The van der Waals surface area contributed by atoms with Crippen LogP contribution in [0.25, 0.3) is 0 Å². The summed E-state index contributed by atoms with van der Waals surface area (Å²) < 4.78 is 7.36. The minimum atomic E-state index is -0.615. The summed E-state index contributed by atoms with van der Waals surface area (Å²) in [6, 6.07) is 12.9. The van der Waals surface area contributed by atoms with Gasteiger partial charge in [-0.1, -0.05) is 27.5 Å². The van der Waals surface area contributed by atoms with Gasteiger partial charge in [-0.25, -0.2) is 0 Å². The Bertz CT molecular complexity index is 593. The largest absolute Gasteiger partial charge is 0.491 e. The monoisotopic (exact) mass is 433 g/mol. The molecular formula is C15H14Br2ClNO2. The molecule has 21 heavy (non-hydrogen) atoms. The number of benzene rings is 2. The zero-order chi connectivity index (χ0) is 15.2. The van der Waals surface area contributed by atoms with Crippen LogP contribution in [0.2, 0.25) is 5.02 Å². The van der Waals surface area contributed by atoms with Crippen LogP contribution in [0.15, 0.2) is 51.4 Å². The van der Waals surface area contributed by atoms with E-state index in [-0.39, 0.29) is 6.61 Å². The molecule has 0 aliphatic carbocycles. The molecule has 0 spiro atoms. The molecule has 0 aliphatic heterocycles. The second-order valence-electron chi connectivity index (χ2n) is 4.42. The highest BCUT2D eigenvalue weighted by Gasteiger charge is 2.07. The van der Waals surface area contributed by atoms with Gasteiger partial charge in [0.05, 0.1) is 0 Å². The Morgan fingerprint density at radius 2 is 1.86 bits per heavy atom. The molecule has 0 heterocycles. The molecule has 112 valence electrons. The molecule has 0 bridgehead atoms. The van der Waals surface area contributed by atoms with Crippen LogP contribution in [0.1, 0.15) is 0 Å². The van der Waals surface area contributed by atoms with Crippen molar-refractivity contribution in [3.05, 3.63) is 56.4 Å². The van der Waals surface area contributed by atoms with Gasteiger partial charge in [0.1, 0.15) is 18.5 Å². The van der Waals surface area contributed by atoms with E-state index >= 15 is 0 Å². The van der Waals surface area contributed by atoms with Crippen molar-refractivity contribution in [3.63, 3.8) is 0 Å². The van der Waals surface area contributed by atoms with Gasteiger partial charge in [-0.05, 0) is 58.4 Å². The van der Waals surface area contributed by atoms with Crippen molar-refractivity contribution in [2.24, 2.45) is 0 Å². The molecule has 6 heteroatoms. The third kappa shape index (κ3) is 5.51. The van der Waals surface area contributed by atoms with Gasteiger partial charge < -0.3 is 15.2 Å². The number of halogens is 3. The first kappa shape index (κ1) is 16.6. The van der Waals surface area contributed by atoms with Crippen LogP contribution < -0.4 is 10.1 Å². The van der Waals surface area contributed by atoms with Crippen molar-refractivity contribution in [1.82, 2.24) is 0 Å². The Hall–Kier alpha value is -0.750. The third-order valence-corrected chi connectivity index (χ3v) is 4.14. The predicted octanol–water partition coefficient (Wildman–Crippen LogP) is 4.72. The number of aliphatic hydroxyl groups is 1. The van der Waals surface area contributed by atoms with Gasteiger partial charge in [0, 0.05) is 26.2 Å². The zero-order valence-electron chi connectivity index (χ0n) is 11.0. The van der Waals surface area contributed by atoms with E-state index in [0.717, 1.165) is 20.4 Å². The minimum Gasteiger partial charge on any atom is -0.491 e. The van der Waals surface area contributed by atoms with E-state index in [1.807, 2.05) is 30.3 Å². The van der Waals surface area contributed by atoms with E-state index in [1.54, 1.807) is 12.1 Å². The van der Waals surface area contributed by atoms with E-state index in [0.29, 0.717) is 11.6 Å². The number of aliphatic hydroxyl groups excluding tert-OH is 1. The van der Waals surface area contributed by atoms with Crippen molar-refractivity contribution >= 4 is 49.1 Å². The lowest BCUT2D eigenvalue weighted by Crippen LogP contribution is -2.26. The molecule has 0 aromatic heterocycles. The Morgan fingerprint density at radius 3 is 2.52 bits per heavy atom. The molecule has 3 nitrogen and oxygen atoms in total. The van der Waals surface area contributed by atoms with Gasteiger partial charge in [0.15, 0.2) is 0 Å². The standard InChI is InChI=1S/C15H14Br2ClNO2/c16-10-1-4-13(5-2-10)21-9-12(20)8-19-15-6-3-11(18)7-14(15)17/h1-7,12,19-20H,8-9H2. The molecule has 2 aromatic carbocycles. The molecule has 0 amide bonds. The Kier molecular flexibility index (Phi) is 6.36. The fourth-order valence-corrected chi connectivity index (χ4v) is 2.73. The van der Waals surface area contributed by atoms with E-state index in [2.05, 4.69) is 37.2 Å². The maximum absolute atomic E-state index is 9.93. The van der Waals surface area contributed by atoms with Crippen molar-refractivity contribution in [2.75, 3.05) is 18.5 Å². The van der Waals surface area contributed by atoms with Crippen LogP contribution in [0.3, 0.4) is 0 Å². The summed E-state index contributed by atoms with van der Waals surface area (Å²) in [5, 5.41) is 13.7. The fourth-order valence-electron chi connectivity index (χ4n) is 1.64. The summed E-state index contributed by atoms with van der Waals surface area (Å²) in [5.74, 6) is 0.727. The maximum atomic E-state index is 9.93.